The first kappa shape index (κ1) is 21.6. The predicted octanol–water partition coefficient (Wildman–Crippen LogP) is 2.73. The zero-order valence-corrected chi connectivity index (χ0v) is 17.7. The van der Waals surface area contributed by atoms with Crippen molar-refractivity contribution in [3.05, 3.63) is 65.2 Å². The van der Waals surface area contributed by atoms with Gasteiger partial charge in [-0.25, -0.2) is 4.79 Å². The van der Waals surface area contributed by atoms with Crippen LogP contribution in [0.2, 0.25) is 0 Å². The molecule has 0 saturated carbocycles. The first-order valence-electron chi connectivity index (χ1n) is 10.2. The highest BCUT2D eigenvalue weighted by Crippen LogP contribution is 2.26. The maximum Gasteiger partial charge on any atom is 0.407 e. The van der Waals surface area contributed by atoms with Gasteiger partial charge in [-0.2, -0.15) is 0 Å². The number of nitrogens with one attached hydrogen (secondary N) is 1. The van der Waals surface area contributed by atoms with E-state index < -0.39 is 6.09 Å². The van der Waals surface area contributed by atoms with Crippen molar-refractivity contribution in [1.82, 2.24) is 14.7 Å². The number of hydrogen-bond acceptors (Lipinski definition) is 4. The van der Waals surface area contributed by atoms with Crippen molar-refractivity contribution < 1.29 is 14.7 Å². The Balaban J connectivity index is 1.68. The monoisotopic (exact) mass is 410 g/mol. The van der Waals surface area contributed by atoms with Crippen LogP contribution in [0.5, 0.6) is 0 Å². The molecule has 0 aliphatic carbocycles. The highest BCUT2D eigenvalue weighted by atomic mass is 16.4. The Hall–Kier alpha value is -3.06. The number of rotatable bonds is 8. The average molecular weight is 411 g/mol. The predicted molar refractivity (Wildman–Crippen MR) is 117 cm³/mol. The quantitative estimate of drug-likeness (QED) is 0.700. The minimum absolute atomic E-state index is 0.0178. The molecule has 0 fully saturated rings. The fraction of sp³-hybridized carbons (Fsp3) is 0.391. The summed E-state index contributed by atoms with van der Waals surface area (Å²) in [6.07, 6.45) is -0.224. The molecule has 0 unspecified atom stereocenters. The summed E-state index contributed by atoms with van der Waals surface area (Å²) in [4.78, 5) is 29.7. The van der Waals surface area contributed by atoms with Gasteiger partial charge in [-0.1, -0.05) is 42.5 Å². The Labute approximate surface area is 177 Å². The van der Waals surface area contributed by atoms with Crippen LogP contribution >= 0.6 is 0 Å². The van der Waals surface area contributed by atoms with E-state index in [0.29, 0.717) is 32.6 Å². The molecular weight excluding hydrogens is 380 g/mol. The number of amides is 2. The molecule has 160 valence electrons. The van der Waals surface area contributed by atoms with Crippen molar-refractivity contribution in [3.8, 4) is 0 Å². The van der Waals surface area contributed by atoms with Crippen LogP contribution in [0.1, 0.15) is 16.7 Å². The van der Waals surface area contributed by atoms with Gasteiger partial charge in [-0.05, 0) is 43.3 Å². The van der Waals surface area contributed by atoms with E-state index >= 15 is 0 Å². The van der Waals surface area contributed by atoms with Crippen molar-refractivity contribution in [1.29, 1.82) is 0 Å². The van der Waals surface area contributed by atoms with Gasteiger partial charge in [-0.3, -0.25) is 4.79 Å². The summed E-state index contributed by atoms with van der Waals surface area (Å²) in [6, 6.07) is 15.9. The van der Waals surface area contributed by atoms with Crippen LogP contribution in [0.4, 0.5) is 10.5 Å². The van der Waals surface area contributed by atoms with Crippen molar-refractivity contribution in [2.24, 2.45) is 0 Å². The lowest BCUT2D eigenvalue weighted by molar-refractivity contribution is -0.130. The van der Waals surface area contributed by atoms with E-state index in [1.165, 1.54) is 4.90 Å². The van der Waals surface area contributed by atoms with Gasteiger partial charge < -0.3 is 25.1 Å². The third kappa shape index (κ3) is 5.73. The minimum Gasteiger partial charge on any atom is -0.465 e. The molecule has 0 radical (unpaired) electrons. The Bertz CT molecular complexity index is 870. The Morgan fingerprint density at radius 2 is 1.83 bits per heavy atom. The third-order valence-corrected chi connectivity index (χ3v) is 5.36. The molecule has 7 nitrogen and oxygen atoms in total. The average Bonchev–Trinajstić information content (AvgIpc) is 2.75. The zero-order valence-electron chi connectivity index (χ0n) is 17.7. The summed E-state index contributed by atoms with van der Waals surface area (Å²) >= 11 is 0. The molecule has 0 bridgehead atoms. The van der Waals surface area contributed by atoms with Crippen molar-refractivity contribution in [2.75, 3.05) is 45.6 Å². The molecule has 0 atom stereocenters. The zero-order chi connectivity index (χ0) is 21.5. The lowest BCUT2D eigenvalue weighted by Gasteiger charge is -2.29. The molecule has 2 amide bonds. The molecule has 3 rings (SSSR count). The van der Waals surface area contributed by atoms with Gasteiger partial charge in [0.1, 0.15) is 0 Å². The molecule has 2 aromatic carbocycles. The number of carbonyl (C=O) groups is 2. The first-order valence-corrected chi connectivity index (χ1v) is 10.2. The Morgan fingerprint density at radius 1 is 1.07 bits per heavy atom. The number of benzene rings is 2. The molecule has 1 aliphatic rings. The normalized spacial score (nSPS) is 13.1. The van der Waals surface area contributed by atoms with Crippen molar-refractivity contribution in [3.63, 3.8) is 0 Å². The fourth-order valence-corrected chi connectivity index (χ4v) is 3.61. The van der Waals surface area contributed by atoms with E-state index in [9.17, 15) is 14.7 Å². The molecule has 30 heavy (non-hydrogen) atoms. The minimum atomic E-state index is -0.913. The summed E-state index contributed by atoms with van der Waals surface area (Å²) in [7, 11) is 3.99. The van der Waals surface area contributed by atoms with Gasteiger partial charge in [0.2, 0.25) is 5.91 Å². The van der Waals surface area contributed by atoms with Crippen LogP contribution in [0.15, 0.2) is 48.5 Å². The molecule has 7 heteroatoms. The van der Waals surface area contributed by atoms with Crippen LogP contribution in [0, 0.1) is 0 Å². The number of nitrogens with zero attached hydrogens (tertiary/aromatic N) is 3. The van der Waals surface area contributed by atoms with Gasteiger partial charge in [0.25, 0.3) is 0 Å². The van der Waals surface area contributed by atoms with Gasteiger partial charge >= 0.3 is 6.09 Å². The second kappa shape index (κ2) is 10.1. The summed E-state index contributed by atoms with van der Waals surface area (Å²) in [6.45, 7) is 3.00. The maximum absolute atomic E-state index is 13.0. The van der Waals surface area contributed by atoms with E-state index in [2.05, 4.69) is 10.2 Å². The highest BCUT2D eigenvalue weighted by Gasteiger charge is 2.22. The molecule has 1 heterocycles. The van der Waals surface area contributed by atoms with Crippen LogP contribution in [-0.2, 0) is 24.3 Å². The van der Waals surface area contributed by atoms with Gasteiger partial charge in [-0.15, -0.1) is 0 Å². The highest BCUT2D eigenvalue weighted by molar-refractivity contribution is 5.81. The van der Waals surface area contributed by atoms with Crippen LogP contribution < -0.4 is 5.32 Å². The van der Waals surface area contributed by atoms with E-state index in [1.807, 2.05) is 67.5 Å². The fourth-order valence-electron chi connectivity index (χ4n) is 3.61. The second-order valence-electron chi connectivity index (χ2n) is 7.86. The molecule has 0 spiro atoms. The summed E-state index contributed by atoms with van der Waals surface area (Å²) in [5, 5.41) is 12.6. The summed E-state index contributed by atoms with van der Waals surface area (Å²) in [5.74, 6) is 0.0178. The van der Waals surface area contributed by atoms with Crippen LogP contribution in [0.3, 0.4) is 0 Å². The SMILES string of the molecule is CN(C)CCN(Cc1ccccc1)C(=O)CNc1cccc2c1CN(C(=O)O)CC2. The Morgan fingerprint density at radius 3 is 2.53 bits per heavy atom. The number of hydrogen-bond donors (Lipinski definition) is 2. The Kier molecular flexibility index (Phi) is 7.30. The third-order valence-electron chi connectivity index (χ3n) is 5.36. The molecular formula is C23H30N4O3. The van der Waals surface area contributed by atoms with E-state index in [4.69, 9.17) is 0 Å². The standard InChI is InChI=1S/C23H30N4O3/c1-25(2)13-14-26(16-18-7-4-3-5-8-18)22(28)15-24-21-10-6-9-19-11-12-27(23(29)30)17-20(19)21/h3-10,24H,11-17H2,1-2H3,(H,29,30). The number of likely N-dealkylation sites (N-methyl/N-ethyl adjacent to an activating group) is 1. The smallest absolute Gasteiger partial charge is 0.407 e. The molecule has 2 N–H and O–H groups in total. The number of fused-ring (bicyclic) bond motifs is 1. The van der Waals surface area contributed by atoms with Crippen molar-refractivity contribution >= 4 is 17.7 Å². The lowest BCUT2D eigenvalue weighted by atomic mass is 9.98. The van der Waals surface area contributed by atoms with Gasteiger partial charge in [0.15, 0.2) is 0 Å². The van der Waals surface area contributed by atoms with E-state index in [-0.39, 0.29) is 12.5 Å². The largest absolute Gasteiger partial charge is 0.465 e. The molecule has 0 aromatic heterocycles. The van der Waals surface area contributed by atoms with Crippen LogP contribution in [0.25, 0.3) is 0 Å². The van der Waals surface area contributed by atoms with Crippen LogP contribution in [-0.4, -0.2) is 72.1 Å². The molecule has 1 aliphatic heterocycles. The lowest BCUT2D eigenvalue weighted by Crippen LogP contribution is -2.39. The van der Waals surface area contributed by atoms with E-state index in [0.717, 1.165) is 28.9 Å². The summed E-state index contributed by atoms with van der Waals surface area (Å²) < 4.78 is 0. The maximum atomic E-state index is 13.0. The number of carboxylic acid groups (broad SMARTS) is 1. The van der Waals surface area contributed by atoms with Crippen molar-refractivity contribution in [2.45, 2.75) is 19.5 Å². The molecule has 2 aromatic rings. The van der Waals surface area contributed by atoms with Gasteiger partial charge in [0.05, 0.1) is 13.1 Å². The number of carbonyl (C=O) groups excluding carboxylic acids is 1. The topological polar surface area (TPSA) is 76.1 Å². The van der Waals surface area contributed by atoms with Gasteiger partial charge in [0, 0.05) is 31.9 Å². The summed E-state index contributed by atoms with van der Waals surface area (Å²) in [5.41, 5.74) is 4.03. The molecule has 0 saturated heterocycles. The first-order chi connectivity index (χ1) is 14.4. The second-order valence-corrected chi connectivity index (χ2v) is 7.86. The number of anilines is 1. The van der Waals surface area contributed by atoms with E-state index in [1.54, 1.807) is 0 Å².